The van der Waals surface area contributed by atoms with E-state index < -0.39 is 23.5 Å². The Balaban J connectivity index is 2.55. The van der Waals surface area contributed by atoms with Crippen LogP contribution in [0.2, 0.25) is 0 Å². The number of halogens is 3. The summed E-state index contributed by atoms with van der Waals surface area (Å²) >= 11 is 0. The van der Waals surface area contributed by atoms with E-state index in [9.17, 15) is 22.8 Å². The molecule has 5 nitrogen and oxygen atoms in total. The lowest BCUT2D eigenvalue weighted by atomic mass is 10.2. The fourth-order valence-electron chi connectivity index (χ4n) is 1.65. The van der Waals surface area contributed by atoms with E-state index in [1.165, 1.54) is 6.07 Å². The van der Waals surface area contributed by atoms with Crippen LogP contribution in [0, 0.1) is 0 Å². The van der Waals surface area contributed by atoms with Gasteiger partial charge >= 0.3 is 12.3 Å². The number of carbonyl (C=O) groups is 1. The first-order valence-corrected chi connectivity index (χ1v) is 5.31. The number of rotatable bonds is 2. The van der Waals surface area contributed by atoms with E-state index in [1.54, 1.807) is 0 Å². The van der Waals surface area contributed by atoms with Crippen LogP contribution in [0.25, 0.3) is 10.9 Å². The number of esters is 1. The molecule has 0 amide bonds. The number of pyridine rings is 1. The average molecular weight is 287 g/mol. The van der Waals surface area contributed by atoms with Crippen molar-refractivity contribution in [2.75, 3.05) is 7.11 Å². The van der Waals surface area contributed by atoms with E-state index in [-0.39, 0.29) is 16.6 Å². The molecule has 1 N–H and O–H groups in total. The summed E-state index contributed by atoms with van der Waals surface area (Å²) in [4.78, 5) is 25.6. The van der Waals surface area contributed by atoms with E-state index in [2.05, 4.69) is 14.5 Å². The summed E-state index contributed by atoms with van der Waals surface area (Å²) < 4.78 is 44.5. The van der Waals surface area contributed by atoms with Crippen molar-refractivity contribution in [1.29, 1.82) is 0 Å². The molecule has 2 aromatic rings. The van der Waals surface area contributed by atoms with Gasteiger partial charge in [0.2, 0.25) is 0 Å². The number of carbonyl (C=O) groups excluding carboxylic acids is 1. The Morgan fingerprint density at radius 3 is 2.55 bits per heavy atom. The first-order chi connectivity index (χ1) is 9.30. The summed E-state index contributed by atoms with van der Waals surface area (Å²) in [5.74, 6) is -1.30. The Hall–Kier alpha value is -2.51. The van der Waals surface area contributed by atoms with Crippen LogP contribution in [0.4, 0.5) is 13.2 Å². The summed E-state index contributed by atoms with van der Waals surface area (Å²) in [6.07, 6.45) is -4.84. The van der Waals surface area contributed by atoms with Gasteiger partial charge in [0.25, 0.3) is 0 Å². The third-order valence-corrected chi connectivity index (χ3v) is 2.44. The minimum atomic E-state index is -4.84. The normalized spacial score (nSPS) is 11.4. The minimum absolute atomic E-state index is 0.0413. The Morgan fingerprint density at radius 2 is 1.95 bits per heavy atom. The highest BCUT2D eigenvalue weighted by atomic mass is 19.4. The van der Waals surface area contributed by atoms with Crippen molar-refractivity contribution >= 4 is 16.9 Å². The maximum atomic E-state index is 12.1. The van der Waals surface area contributed by atoms with Crippen molar-refractivity contribution in [2.45, 2.75) is 6.36 Å². The first-order valence-electron chi connectivity index (χ1n) is 5.31. The monoisotopic (exact) mass is 287 g/mol. The van der Waals surface area contributed by atoms with E-state index in [0.29, 0.717) is 0 Å². The van der Waals surface area contributed by atoms with Gasteiger partial charge in [-0.05, 0) is 12.1 Å². The van der Waals surface area contributed by atoms with E-state index in [4.69, 9.17) is 0 Å². The Labute approximate surface area is 109 Å². The van der Waals surface area contributed by atoms with Gasteiger partial charge in [-0.1, -0.05) is 0 Å². The quantitative estimate of drug-likeness (QED) is 0.860. The predicted octanol–water partition coefficient (Wildman–Crippen LogP) is 2.21. The number of hydrogen-bond acceptors (Lipinski definition) is 4. The zero-order valence-corrected chi connectivity index (χ0v) is 10.1. The molecule has 0 bridgehead atoms. The van der Waals surface area contributed by atoms with Crippen LogP contribution in [0.15, 0.2) is 29.1 Å². The number of fused-ring (bicyclic) bond motifs is 1. The second-order valence-corrected chi connectivity index (χ2v) is 3.79. The number of H-pyrrole nitrogens is 1. The molecule has 0 unspecified atom stereocenters. The standard InChI is InChI=1S/C12H8F3NO4/c1-19-11(18)9-5-10(17)7-3-2-6(4-8(7)16-9)20-12(13,14)15/h2-5H,1H3,(H,16,17). The molecule has 0 saturated heterocycles. The Morgan fingerprint density at radius 1 is 1.25 bits per heavy atom. The Bertz CT molecular complexity index is 721. The lowest BCUT2D eigenvalue weighted by molar-refractivity contribution is -0.274. The van der Waals surface area contributed by atoms with E-state index >= 15 is 0 Å². The fourth-order valence-corrected chi connectivity index (χ4v) is 1.65. The molecular weight excluding hydrogens is 279 g/mol. The third kappa shape index (κ3) is 2.90. The van der Waals surface area contributed by atoms with Gasteiger partial charge in [0.15, 0.2) is 5.43 Å². The summed E-state index contributed by atoms with van der Waals surface area (Å²) in [5.41, 5.74) is -0.633. The van der Waals surface area contributed by atoms with Crippen LogP contribution in [-0.4, -0.2) is 24.4 Å². The topological polar surface area (TPSA) is 68.4 Å². The molecular formula is C12H8F3NO4. The number of aromatic nitrogens is 1. The van der Waals surface area contributed by atoms with Crippen molar-refractivity contribution < 1.29 is 27.4 Å². The molecule has 2 rings (SSSR count). The molecule has 0 aliphatic heterocycles. The number of nitrogens with one attached hydrogen (secondary N) is 1. The molecule has 1 aromatic heterocycles. The number of hydrogen-bond donors (Lipinski definition) is 1. The largest absolute Gasteiger partial charge is 0.573 e. The van der Waals surface area contributed by atoms with E-state index in [0.717, 1.165) is 25.3 Å². The molecule has 0 radical (unpaired) electrons. The zero-order valence-electron chi connectivity index (χ0n) is 10.1. The van der Waals surface area contributed by atoms with Gasteiger partial charge in [0.1, 0.15) is 11.4 Å². The average Bonchev–Trinajstić information content (AvgIpc) is 2.35. The molecule has 1 aromatic carbocycles. The van der Waals surface area contributed by atoms with Crippen LogP contribution in [0.1, 0.15) is 10.5 Å². The lowest BCUT2D eigenvalue weighted by Gasteiger charge is -2.09. The van der Waals surface area contributed by atoms with Crippen LogP contribution < -0.4 is 10.2 Å². The second kappa shape index (κ2) is 4.87. The van der Waals surface area contributed by atoms with Crippen LogP contribution >= 0.6 is 0 Å². The Kier molecular flexibility index (Phi) is 3.39. The molecule has 1 heterocycles. The van der Waals surface area contributed by atoms with Crippen LogP contribution in [0.5, 0.6) is 5.75 Å². The van der Waals surface area contributed by atoms with Gasteiger partial charge in [0.05, 0.1) is 12.6 Å². The van der Waals surface area contributed by atoms with Gasteiger partial charge in [-0.2, -0.15) is 0 Å². The lowest BCUT2D eigenvalue weighted by Crippen LogP contribution is -2.17. The van der Waals surface area contributed by atoms with Crippen LogP contribution in [-0.2, 0) is 4.74 Å². The smallest absolute Gasteiger partial charge is 0.464 e. The molecule has 0 fully saturated rings. The summed E-state index contributed by atoms with van der Waals surface area (Å²) in [6, 6.07) is 4.19. The van der Waals surface area contributed by atoms with Gasteiger partial charge < -0.3 is 14.5 Å². The number of benzene rings is 1. The minimum Gasteiger partial charge on any atom is -0.464 e. The highest BCUT2D eigenvalue weighted by Crippen LogP contribution is 2.24. The molecule has 0 aliphatic carbocycles. The van der Waals surface area contributed by atoms with Crippen molar-refractivity contribution in [2.24, 2.45) is 0 Å². The van der Waals surface area contributed by atoms with Crippen molar-refractivity contribution in [3.63, 3.8) is 0 Å². The summed E-state index contributed by atoms with van der Waals surface area (Å²) in [6.45, 7) is 0. The number of ether oxygens (including phenoxy) is 2. The molecule has 0 atom stereocenters. The summed E-state index contributed by atoms with van der Waals surface area (Å²) in [5, 5.41) is 0.132. The molecule has 106 valence electrons. The first kappa shape index (κ1) is 13.9. The molecule has 0 saturated carbocycles. The van der Waals surface area contributed by atoms with Gasteiger partial charge in [-0.15, -0.1) is 13.2 Å². The summed E-state index contributed by atoms with van der Waals surface area (Å²) in [7, 11) is 1.12. The second-order valence-electron chi connectivity index (χ2n) is 3.79. The molecule has 0 aliphatic rings. The van der Waals surface area contributed by atoms with E-state index in [1.807, 2.05) is 0 Å². The maximum Gasteiger partial charge on any atom is 0.573 e. The van der Waals surface area contributed by atoms with Gasteiger partial charge in [0, 0.05) is 17.5 Å². The predicted molar refractivity (Wildman–Crippen MR) is 62.6 cm³/mol. The van der Waals surface area contributed by atoms with Crippen molar-refractivity contribution in [1.82, 2.24) is 4.98 Å². The maximum absolute atomic E-state index is 12.1. The molecule has 0 spiro atoms. The molecule has 8 heteroatoms. The SMILES string of the molecule is COC(=O)c1cc(=O)c2ccc(OC(F)(F)F)cc2[nH]1. The van der Waals surface area contributed by atoms with Crippen molar-refractivity contribution in [3.8, 4) is 5.75 Å². The number of aromatic amines is 1. The van der Waals surface area contributed by atoms with Gasteiger partial charge in [-0.25, -0.2) is 4.79 Å². The fraction of sp³-hybridized carbons (Fsp3) is 0.167. The third-order valence-electron chi connectivity index (χ3n) is 2.44. The van der Waals surface area contributed by atoms with Crippen molar-refractivity contribution in [3.05, 3.63) is 40.2 Å². The van der Waals surface area contributed by atoms with Crippen LogP contribution in [0.3, 0.4) is 0 Å². The number of methoxy groups -OCH3 is 1. The zero-order chi connectivity index (χ0) is 14.9. The highest BCUT2D eigenvalue weighted by Gasteiger charge is 2.31. The molecule has 20 heavy (non-hydrogen) atoms. The number of alkyl halides is 3. The van der Waals surface area contributed by atoms with Gasteiger partial charge in [-0.3, -0.25) is 4.79 Å². The highest BCUT2D eigenvalue weighted by molar-refractivity contribution is 5.91.